The van der Waals surface area contributed by atoms with Gasteiger partial charge in [-0.15, -0.1) is 11.3 Å². The molecular weight excluding hydrogens is 264 g/mol. The van der Waals surface area contributed by atoms with Gasteiger partial charge in [0.25, 0.3) is 0 Å². The van der Waals surface area contributed by atoms with E-state index in [0.717, 1.165) is 25.0 Å². The number of hydrogen-bond acceptors (Lipinski definition) is 5. The van der Waals surface area contributed by atoms with E-state index in [9.17, 15) is 9.59 Å². The lowest BCUT2D eigenvalue weighted by molar-refractivity contribution is -0.123. The van der Waals surface area contributed by atoms with Crippen molar-refractivity contribution in [1.29, 1.82) is 0 Å². The molecule has 0 fully saturated rings. The Morgan fingerprint density at radius 2 is 2.26 bits per heavy atom. The van der Waals surface area contributed by atoms with E-state index in [-0.39, 0.29) is 24.9 Å². The standard InChI is InChI=1S/C12H18N4O2S/c1-7-2-3-8-9(4-7)19-12(15-8)16-11(18)6-14-10(17)5-13/h7H,2-6,13H2,1H3,(H,14,17)(H,15,16,18). The number of nitrogens with zero attached hydrogens (tertiary/aromatic N) is 1. The molecule has 0 saturated carbocycles. The smallest absolute Gasteiger partial charge is 0.245 e. The summed E-state index contributed by atoms with van der Waals surface area (Å²) in [6, 6.07) is 0. The molecule has 19 heavy (non-hydrogen) atoms. The summed E-state index contributed by atoms with van der Waals surface area (Å²) in [7, 11) is 0. The van der Waals surface area contributed by atoms with Gasteiger partial charge in [-0.25, -0.2) is 4.98 Å². The van der Waals surface area contributed by atoms with Gasteiger partial charge in [0, 0.05) is 4.88 Å². The third kappa shape index (κ3) is 3.74. The van der Waals surface area contributed by atoms with Crippen LogP contribution in [-0.2, 0) is 22.4 Å². The molecule has 0 saturated heterocycles. The van der Waals surface area contributed by atoms with Gasteiger partial charge in [-0.2, -0.15) is 0 Å². The van der Waals surface area contributed by atoms with E-state index >= 15 is 0 Å². The molecule has 1 heterocycles. The first-order valence-electron chi connectivity index (χ1n) is 6.33. The van der Waals surface area contributed by atoms with Crippen LogP contribution in [0.5, 0.6) is 0 Å². The lowest BCUT2D eigenvalue weighted by Crippen LogP contribution is -2.36. The molecule has 4 N–H and O–H groups in total. The predicted molar refractivity (Wildman–Crippen MR) is 74.0 cm³/mol. The summed E-state index contributed by atoms with van der Waals surface area (Å²) in [5.74, 6) is 0.0590. The van der Waals surface area contributed by atoms with Crippen LogP contribution in [0.2, 0.25) is 0 Å². The van der Waals surface area contributed by atoms with E-state index in [4.69, 9.17) is 5.73 Å². The van der Waals surface area contributed by atoms with Gasteiger partial charge >= 0.3 is 0 Å². The Morgan fingerprint density at radius 1 is 1.47 bits per heavy atom. The fourth-order valence-corrected chi connectivity index (χ4v) is 3.20. The second kappa shape index (κ2) is 6.12. The fraction of sp³-hybridized carbons (Fsp3) is 0.583. The summed E-state index contributed by atoms with van der Waals surface area (Å²) in [4.78, 5) is 28.2. The topological polar surface area (TPSA) is 97.1 Å². The minimum Gasteiger partial charge on any atom is -0.346 e. The summed E-state index contributed by atoms with van der Waals surface area (Å²) in [6.07, 6.45) is 3.16. The van der Waals surface area contributed by atoms with Crippen LogP contribution in [0.4, 0.5) is 5.13 Å². The number of nitrogens with one attached hydrogen (secondary N) is 2. The molecule has 1 aromatic heterocycles. The van der Waals surface area contributed by atoms with Gasteiger partial charge in [0.05, 0.1) is 18.8 Å². The highest BCUT2D eigenvalue weighted by molar-refractivity contribution is 7.15. The molecular formula is C12H18N4O2S. The van der Waals surface area contributed by atoms with E-state index < -0.39 is 0 Å². The SMILES string of the molecule is CC1CCc2nc(NC(=O)CNC(=O)CN)sc2C1. The maximum atomic E-state index is 11.6. The van der Waals surface area contributed by atoms with Gasteiger partial charge in [0.2, 0.25) is 11.8 Å². The maximum Gasteiger partial charge on any atom is 0.245 e. The minimum absolute atomic E-state index is 0.0727. The molecule has 0 aromatic carbocycles. The predicted octanol–water partition coefficient (Wildman–Crippen LogP) is 0.281. The molecule has 1 unspecified atom stereocenters. The average Bonchev–Trinajstić information content (AvgIpc) is 2.77. The molecule has 0 aliphatic heterocycles. The van der Waals surface area contributed by atoms with Crippen LogP contribution in [0.15, 0.2) is 0 Å². The van der Waals surface area contributed by atoms with E-state index in [0.29, 0.717) is 11.0 Å². The number of carbonyl (C=O) groups is 2. The first-order valence-corrected chi connectivity index (χ1v) is 7.15. The summed E-state index contributed by atoms with van der Waals surface area (Å²) in [6.45, 7) is 2.04. The highest BCUT2D eigenvalue weighted by atomic mass is 32.1. The number of amides is 2. The van der Waals surface area contributed by atoms with Gasteiger partial charge in [0.15, 0.2) is 5.13 Å². The molecule has 2 rings (SSSR count). The van der Waals surface area contributed by atoms with Gasteiger partial charge in [0.1, 0.15) is 0 Å². The zero-order valence-electron chi connectivity index (χ0n) is 10.9. The molecule has 0 spiro atoms. The Balaban J connectivity index is 1.89. The Bertz CT molecular complexity index is 486. The minimum atomic E-state index is -0.345. The Kier molecular flexibility index (Phi) is 4.49. The van der Waals surface area contributed by atoms with E-state index in [1.165, 1.54) is 16.2 Å². The third-order valence-corrected chi connectivity index (χ3v) is 4.10. The lowest BCUT2D eigenvalue weighted by Gasteiger charge is -2.15. The summed E-state index contributed by atoms with van der Waals surface area (Å²) in [5.41, 5.74) is 6.24. The largest absolute Gasteiger partial charge is 0.346 e. The molecule has 7 heteroatoms. The van der Waals surface area contributed by atoms with Crippen molar-refractivity contribution < 1.29 is 9.59 Å². The third-order valence-electron chi connectivity index (χ3n) is 3.06. The molecule has 0 radical (unpaired) electrons. The van der Waals surface area contributed by atoms with Gasteiger partial charge in [-0.3, -0.25) is 9.59 Å². The highest BCUT2D eigenvalue weighted by Crippen LogP contribution is 2.31. The second-order valence-electron chi connectivity index (χ2n) is 4.77. The van der Waals surface area contributed by atoms with Crippen LogP contribution >= 0.6 is 11.3 Å². The number of nitrogens with two attached hydrogens (primary N) is 1. The number of hydrogen-bond donors (Lipinski definition) is 3. The molecule has 1 aromatic rings. The Labute approximate surface area is 115 Å². The number of carbonyl (C=O) groups excluding carboxylic acids is 2. The van der Waals surface area contributed by atoms with E-state index in [1.807, 2.05) is 0 Å². The molecule has 1 aliphatic carbocycles. The van der Waals surface area contributed by atoms with Gasteiger partial charge in [-0.05, 0) is 25.2 Å². The first kappa shape index (κ1) is 14.0. The maximum absolute atomic E-state index is 11.6. The summed E-state index contributed by atoms with van der Waals surface area (Å²) in [5, 5.41) is 5.75. The normalized spacial score (nSPS) is 17.7. The van der Waals surface area contributed by atoms with Crippen molar-refractivity contribution in [2.45, 2.75) is 26.2 Å². The first-order chi connectivity index (χ1) is 9.08. The molecule has 6 nitrogen and oxygen atoms in total. The van der Waals surface area contributed by atoms with Crippen LogP contribution in [0.25, 0.3) is 0 Å². The zero-order valence-corrected chi connectivity index (χ0v) is 11.7. The van der Waals surface area contributed by atoms with Crippen molar-refractivity contribution in [3.8, 4) is 0 Å². The summed E-state index contributed by atoms with van der Waals surface area (Å²) < 4.78 is 0. The van der Waals surface area contributed by atoms with Crippen LogP contribution in [0.3, 0.4) is 0 Å². The van der Waals surface area contributed by atoms with E-state index in [2.05, 4.69) is 22.5 Å². The molecule has 0 bridgehead atoms. The van der Waals surface area contributed by atoms with Crippen molar-refractivity contribution in [2.75, 3.05) is 18.4 Å². The number of aromatic nitrogens is 1. The number of fused-ring (bicyclic) bond motifs is 1. The Hall–Kier alpha value is -1.47. The van der Waals surface area contributed by atoms with E-state index in [1.54, 1.807) is 0 Å². The number of aryl methyl sites for hydroxylation is 1. The van der Waals surface area contributed by atoms with Crippen molar-refractivity contribution in [3.05, 3.63) is 10.6 Å². The summed E-state index contributed by atoms with van der Waals surface area (Å²) >= 11 is 1.53. The second-order valence-corrected chi connectivity index (χ2v) is 5.85. The van der Waals surface area contributed by atoms with Crippen molar-refractivity contribution >= 4 is 28.3 Å². The van der Waals surface area contributed by atoms with Crippen molar-refractivity contribution in [1.82, 2.24) is 10.3 Å². The molecule has 104 valence electrons. The van der Waals surface area contributed by atoms with Crippen LogP contribution in [0, 0.1) is 5.92 Å². The quantitative estimate of drug-likeness (QED) is 0.739. The number of thiazole rings is 1. The van der Waals surface area contributed by atoms with Crippen LogP contribution in [0.1, 0.15) is 23.9 Å². The van der Waals surface area contributed by atoms with Crippen molar-refractivity contribution in [3.63, 3.8) is 0 Å². The van der Waals surface area contributed by atoms with Crippen LogP contribution < -0.4 is 16.4 Å². The van der Waals surface area contributed by atoms with Crippen molar-refractivity contribution in [2.24, 2.45) is 11.7 Å². The molecule has 1 aliphatic rings. The fourth-order valence-electron chi connectivity index (χ4n) is 2.01. The van der Waals surface area contributed by atoms with Gasteiger partial charge < -0.3 is 16.4 Å². The number of rotatable bonds is 4. The zero-order chi connectivity index (χ0) is 13.8. The molecule has 2 amide bonds. The van der Waals surface area contributed by atoms with Crippen LogP contribution in [-0.4, -0.2) is 29.9 Å². The lowest BCUT2D eigenvalue weighted by atomic mass is 9.93. The Morgan fingerprint density at radius 3 is 3.00 bits per heavy atom. The van der Waals surface area contributed by atoms with Gasteiger partial charge in [-0.1, -0.05) is 6.92 Å². The number of anilines is 1. The molecule has 1 atom stereocenters. The monoisotopic (exact) mass is 282 g/mol. The average molecular weight is 282 g/mol. The highest BCUT2D eigenvalue weighted by Gasteiger charge is 2.20.